The van der Waals surface area contributed by atoms with Crippen LogP contribution >= 0.6 is 0 Å². The number of esters is 1. The molecule has 0 saturated heterocycles. The maximum Gasteiger partial charge on any atom is 0.378 e. The third kappa shape index (κ3) is 2.87. The summed E-state index contributed by atoms with van der Waals surface area (Å²) in [4.78, 5) is 21.8. The summed E-state index contributed by atoms with van der Waals surface area (Å²) < 4.78 is 30.4. The van der Waals surface area contributed by atoms with E-state index in [1.165, 1.54) is 0 Å². The number of benzene rings is 1. The van der Waals surface area contributed by atoms with Gasteiger partial charge in [0, 0.05) is 6.08 Å². The molecule has 0 bridgehead atoms. The molecule has 17 heavy (non-hydrogen) atoms. The topological polar surface area (TPSA) is 63.6 Å². The smallest absolute Gasteiger partial charge is 0.378 e. The SMILES string of the molecule is COC(=O)C(=O)/C=C(\O)c1c(F)cccc1F. The molecule has 6 heteroatoms. The van der Waals surface area contributed by atoms with E-state index in [4.69, 9.17) is 0 Å². The zero-order valence-corrected chi connectivity index (χ0v) is 8.74. The monoisotopic (exact) mass is 242 g/mol. The molecular weight excluding hydrogens is 234 g/mol. The molecule has 4 nitrogen and oxygen atoms in total. The summed E-state index contributed by atoms with van der Waals surface area (Å²) >= 11 is 0. The van der Waals surface area contributed by atoms with Crippen molar-refractivity contribution in [2.24, 2.45) is 0 Å². The van der Waals surface area contributed by atoms with E-state index in [1.807, 2.05) is 0 Å². The van der Waals surface area contributed by atoms with Crippen molar-refractivity contribution in [2.45, 2.75) is 0 Å². The number of hydrogen-bond acceptors (Lipinski definition) is 4. The minimum Gasteiger partial charge on any atom is -0.507 e. The highest BCUT2D eigenvalue weighted by Gasteiger charge is 2.17. The number of carbonyl (C=O) groups excluding carboxylic acids is 2. The average molecular weight is 242 g/mol. The molecule has 0 unspecified atom stereocenters. The van der Waals surface area contributed by atoms with Crippen LogP contribution in [0.3, 0.4) is 0 Å². The van der Waals surface area contributed by atoms with E-state index in [0.717, 1.165) is 25.3 Å². The molecule has 1 rings (SSSR count). The number of carbonyl (C=O) groups is 2. The van der Waals surface area contributed by atoms with Crippen molar-refractivity contribution in [3.05, 3.63) is 41.5 Å². The van der Waals surface area contributed by atoms with Gasteiger partial charge in [-0.05, 0) is 12.1 Å². The highest BCUT2D eigenvalue weighted by atomic mass is 19.1. The first-order valence-corrected chi connectivity index (χ1v) is 4.44. The van der Waals surface area contributed by atoms with Crippen LogP contribution in [0, 0.1) is 11.6 Å². The normalized spacial score (nSPS) is 11.1. The Kier molecular flexibility index (Phi) is 3.92. The van der Waals surface area contributed by atoms with Crippen molar-refractivity contribution in [3.8, 4) is 0 Å². The predicted molar refractivity (Wildman–Crippen MR) is 54.0 cm³/mol. The average Bonchev–Trinajstić information content (AvgIpc) is 2.27. The van der Waals surface area contributed by atoms with Crippen LogP contribution in [-0.4, -0.2) is 24.0 Å². The molecule has 0 saturated carbocycles. The summed E-state index contributed by atoms with van der Waals surface area (Å²) in [6.07, 6.45) is 0.396. The Balaban J connectivity index is 3.12. The maximum atomic E-state index is 13.2. The zero-order valence-electron chi connectivity index (χ0n) is 8.74. The summed E-state index contributed by atoms with van der Waals surface area (Å²) in [5, 5.41) is 9.35. The van der Waals surface area contributed by atoms with E-state index >= 15 is 0 Å². The van der Waals surface area contributed by atoms with Gasteiger partial charge in [-0.15, -0.1) is 0 Å². The fourth-order valence-corrected chi connectivity index (χ4v) is 1.10. The van der Waals surface area contributed by atoms with Crippen molar-refractivity contribution < 1.29 is 28.2 Å². The van der Waals surface area contributed by atoms with Gasteiger partial charge in [0.05, 0.1) is 12.7 Å². The number of hydrogen-bond donors (Lipinski definition) is 1. The first-order chi connectivity index (χ1) is 7.97. The van der Waals surface area contributed by atoms with Gasteiger partial charge in [0.25, 0.3) is 5.78 Å². The first kappa shape index (κ1) is 12.8. The molecular formula is C11H8F2O4. The fraction of sp³-hybridized carbons (Fsp3) is 0.0909. The number of rotatable bonds is 3. The Morgan fingerprint density at radius 2 is 1.82 bits per heavy atom. The van der Waals surface area contributed by atoms with E-state index in [9.17, 15) is 23.5 Å². The number of aliphatic hydroxyl groups is 1. The second kappa shape index (κ2) is 5.20. The van der Waals surface area contributed by atoms with E-state index in [2.05, 4.69) is 4.74 Å². The van der Waals surface area contributed by atoms with Gasteiger partial charge in [0.1, 0.15) is 17.4 Å². The maximum absolute atomic E-state index is 13.2. The van der Waals surface area contributed by atoms with Gasteiger partial charge in [-0.2, -0.15) is 0 Å². The Bertz CT molecular complexity index is 474. The van der Waals surface area contributed by atoms with Crippen molar-refractivity contribution in [2.75, 3.05) is 7.11 Å². The van der Waals surface area contributed by atoms with Crippen LogP contribution in [0.4, 0.5) is 8.78 Å². The largest absolute Gasteiger partial charge is 0.507 e. The van der Waals surface area contributed by atoms with Crippen LogP contribution in [-0.2, 0) is 14.3 Å². The lowest BCUT2D eigenvalue weighted by Crippen LogP contribution is -2.13. The Hall–Kier alpha value is -2.24. The number of halogens is 2. The molecule has 0 radical (unpaired) electrons. The summed E-state index contributed by atoms with van der Waals surface area (Å²) in [7, 11) is 0.967. The van der Waals surface area contributed by atoms with Crippen LogP contribution in [0.1, 0.15) is 5.56 Å². The highest BCUT2D eigenvalue weighted by Crippen LogP contribution is 2.19. The van der Waals surface area contributed by atoms with E-state index in [1.54, 1.807) is 0 Å². The molecule has 0 heterocycles. The Morgan fingerprint density at radius 1 is 1.29 bits per heavy atom. The number of aliphatic hydroxyl groups excluding tert-OH is 1. The second-order valence-electron chi connectivity index (χ2n) is 2.98. The minimum atomic E-state index is -1.24. The molecule has 90 valence electrons. The first-order valence-electron chi connectivity index (χ1n) is 4.44. The molecule has 1 aromatic rings. The number of ketones is 1. The molecule has 0 atom stereocenters. The van der Waals surface area contributed by atoms with Crippen LogP contribution in [0.25, 0.3) is 5.76 Å². The van der Waals surface area contributed by atoms with Crippen molar-refractivity contribution in [3.63, 3.8) is 0 Å². The van der Waals surface area contributed by atoms with Gasteiger partial charge < -0.3 is 9.84 Å². The number of methoxy groups -OCH3 is 1. The molecule has 1 N–H and O–H groups in total. The van der Waals surface area contributed by atoms with Crippen LogP contribution < -0.4 is 0 Å². The zero-order chi connectivity index (χ0) is 13.0. The van der Waals surface area contributed by atoms with Crippen LogP contribution in [0.2, 0.25) is 0 Å². The third-order valence-electron chi connectivity index (χ3n) is 1.87. The third-order valence-corrected chi connectivity index (χ3v) is 1.87. The molecule has 0 spiro atoms. The lowest BCUT2D eigenvalue weighted by atomic mass is 10.1. The predicted octanol–water partition coefficient (Wildman–Crippen LogP) is 1.61. The van der Waals surface area contributed by atoms with Gasteiger partial charge in [-0.1, -0.05) is 6.07 Å². The Labute approximate surface area is 95.1 Å². The van der Waals surface area contributed by atoms with Gasteiger partial charge in [0.2, 0.25) is 0 Å². The highest BCUT2D eigenvalue weighted by molar-refractivity contribution is 6.39. The summed E-state index contributed by atoms with van der Waals surface area (Å²) in [6, 6.07) is 2.92. The van der Waals surface area contributed by atoms with Crippen LogP contribution in [0.15, 0.2) is 24.3 Å². The quantitative estimate of drug-likeness (QED) is 0.378. The molecule has 0 aliphatic heterocycles. The fourth-order valence-electron chi connectivity index (χ4n) is 1.10. The van der Waals surface area contributed by atoms with E-state index in [0.29, 0.717) is 6.08 Å². The summed E-state index contributed by atoms with van der Waals surface area (Å²) in [5.41, 5.74) is -0.773. The lowest BCUT2D eigenvalue weighted by molar-refractivity contribution is -0.149. The molecule has 0 aliphatic carbocycles. The standard InChI is InChI=1S/C11H8F2O4/c1-17-11(16)9(15)5-8(14)10-6(12)3-2-4-7(10)13/h2-5,14H,1H3/b8-5-. The van der Waals surface area contributed by atoms with Gasteiger partial charge in [0.15, 0.2) is 0 Å². The van der Waals surface area contributed by atoms with E-state index < -0.39 is 34.7 Å². The summed E-state index contributed by atoms with van der Waals surface area (Å²) in [5.74, 6) is -5.52. The summed E-state index contributed by atoms with van der Waals surface area (Å²) in [6.45, 7) is 0. The molecule has 1 aromatic carbocycles. The molecule has 0 aliphatic rings. The lowest BCUT2D eigenvalue weighted by Gasteiger charge is -2.03. The minimum absolute atomic E-state index is 0.396. The van der Waals surface area contributed by atoms with Crippen LogP contribution in [0.5, 0.6) is 0 Å². The Morgan fingerprint density at radius 3 is 2.29 bits per heavy atom. The van der Waals surface area contributed by atoms with Gasteiger partial charge in [-0.25, -0.2) is 13.6 Å². The second-order valence-corrected chi connectivity index (χ2v) is 2.98. The van der Waals surface area contributed by atoms with Gasteiger partial charge >= 0.3 is 5.97 Å². The van der Waals surface area contributed by atoms with E-state index in [-0.39, 0.29) is 0 Å². The van der Waals surface area contributed by atoms with Crippen molar-refractivity contribution >= 4 is 17.5 Å². The van der Waals surface area contributed by atoms with Gasteiger partial charge in [-0.3, -0.25) is 4.79 Å². The molecule has 0 amide bonds. The van der Waals surface area contributed by atoms with Crippen molar-refractivity contribution in [1.82, 2.24) is 0 Å². The van der Waals surface area contributed by atoms with Crippen molar-refractivity contribution in [1.29, 1.82) is 0 Å². The number of ether oxygens (including phenoxy) is 1. The molecule has 0 fully saturated rings. The molecule has 0 aromatic heterocycles.